The number of nitrogens with zero attached hydrogens (tertiary/aromatic N) is 2. The fraction of sp³-hybridized carbons (Fsp3) is 0. The molecule has 0 aliphatic heterocycles. The van der Waals surface area contributed by atoms with Gasteiger partial charge >= 0.3 is 0 Å². The molecule has 0 saturated carbocycles. The Labute approximate surface area is 303 Å². The minimum absolute atomic E-state index is 0.693. The van der Waals surface area contributed by atoms with Crippen LogP contribution in [0, 0.1) is 0 Å². The highest BCUT2D eigenvalue weighted by Crippen LogP contribution is 2.44. The number of rotatable bonds is 4. The third-order valence-corrected chi connectivity index (χ3v) is 11.5. The van der Waals surface area contributed by atoms with E-state index in [0.717, 1.165) is 76.3 Å². The molecule has 0 aliphatic carbocycles. The molecule has 0 unspecified atom stereocenters. The summed E-state index contributed by atoms with van der Waals surface area (Å²) < 4.78 is 9.18. The molecule has 0 spiro atoms. The summed E-state index contributed by atoms with van der Waals surface area (Å²) in [5.41, 5.74) is 10.2. The average Bonchev–Trinajstić information content (AvgIpc) is 3.79. The maximum absolute atomic E-state index is 6.88. The van der Waals surface area contributed by atoms with Crippen molar-refractivity contribution < 1.29 is 4.42 Å². The van der Waals surface area contributed by atoms with Gasteiger partial charge in [0.25, 0.3) is 0 Å². The van der Waals surface area contributed by atoms with Crippen molar-refractivity contribution in [1.29, 1.82) is 0 Å². The van der Waals surface area contributed by atoms with Crippen LogP contribution in [0.4, 0.5) is 0 Å². The first kappa shape index (κ1) is 29.1. The van der Waals surface area contributed by atoms with Gasteiger partial charge in [-0.25, -0.2) is 9.97 Å². The first-order chi connectivity index (χ1) is 25.8. The number of fused-ring (bicyclic) bond motifs is 9. The Morgan fingerprint density at radius 1 is 0.442 bits per heavy atom. The zero-order chi connectivity index (χ0) is 34.2. The number of para-hydroxylation sites is 1. The van der Waals surface area contributed by atoms with Crippen molar-refractivity contribution in [2.45, 2.75) is 0 Å². The molecule has 52 heavy (non-hydrogen) atoms. The molecule has 0 N–H and O–H groups in total. The van der Waals surface area contributed by atoms with E-state index in [4.69, 9.17) is 14.4 Å². The van der Waals surface area contributed by atoms with E-state index < -0.39 is 0 Å². The van der Waals surface area contributed by atoms with Crippen molar-refractivity contribution in [2.24, 2.45) is 0 Å². The summed E-state index contributed by atoms with van der Waals surface area (Å²) in [6.45, 7) is 0. The van der Waals surface area contributed by atoms with Crippen LogP contribution in [0.5, 0.6) is 0 Å². The lowest BCUT2D eigenvalue weighted by atomic mass is 9.96. The van der Waals surface area contributed by atoms with Crippen LogP contribution in [0.25, 0.3) is 109 Å². The topological polar surface area (TPSA) is 38.9 Å². The van der Waals surface area contributed by atoms with Crippen molar-refractivity contribution in [1.82, 2.24) is 9.97 Å². The molecule has 3 heterocycles. The van der Waals surface area contributed by atoms with Gasteiger partial charge in [0.2, 0.25) is 0 Å². The van der Waals surface area contributed by atoms with Crippen molar-refractivity contribution >= 4 is 75.1 Å². The highest BCUT2D eigenvalue weighted by Gasteiger charge is 2.21. The molecular formula is C48H28N2OS. The van der Waals surface area contributed by atoms with Crippen LogP contribution >= 0.6 is 11.3 Å². The quantitative estimate of drug-likeness (QED) is 0.186. The van der Waals surface area contributed by atoms with Crippen LogP contribution in [0.15, 0.2) is 174 Å². The van der Waals surface area contributed by atoms with E-state index in [1.165, 1.54) is 26.6 Å². The highest BCUT2D eigenvalue weighted by molar-refractivity contribution is 7.26. The summed E-state index contributed by atoms with van der Waals surface area (Å²) in [5.74, 6) is 0.693. The van der Waals surface area contributed by atoms with Gasteiger partial charge in [-0.15, -0.1) is 11.3 Å². The SMILES string of the molecule is c1ccc(-c2nc(-c3cc4oc5c(-c6ccc(-c7ccc8ccccc8c7)cc6)cccc5c4c4ccccc34)nc3c2sc2ccccc23)cc1. The second-order valence-electron chi connectivity index (χ2n) is 13.3. The zero-order valence-corrected chi connectivity index (χ0v) is 28.7. The third-order valence-electron chi connectivity index (χ3n) is 10.3. The van der Waals surface area contributed by atoms with Crippen LogP contribution in [0.3, 0.4) is 0 Å². The third kappa shape index (κ3) is 4.51. The maximum Gasteiger partial charge on any atom is 0.161 e. The van der Waals surface area contributed by atoms with E-state index in [1.807, 2.05) is 6.07 Å². The molecule has 0 bridgehead atoms. The molecule has 4 heteroatoms. The Morgan fingerprint density at radius 2 is 1.13 bits per heavy atom. The molecule has 11 rings (SSSR count). The number of hydrogen-bond acceptors (Lipinski definition) is 4. The molecular weight excluding hydrogens is 653 g/mol. The van der Waals surface area contributed by atoms with Gasteiger partial charge in [-0.2, -0.15) is 0 Å². The first-order valence-corrected chi connectivity index (χ1v) is 18.3. The summed E-state index contributed by atoms with van der Waals surface area (Å²) in [7, 11) is 0. The standard InChI is InChI=1S/C48H28N2OS/c1-2-12-32(13-3-1)44-47-45(38-17-8-9-20-42(38)52-47)50-48(49-44)40-28-41-43(37-16-7-6-15-36(37)40)39-19-10-18-35(46(39)51-41)31-24-21-30(22-25-31)34-26-23-29-11-4-5-14-33(29)27-34/h1-28H. The Kier molecular flexibility index (Phi) is 6.42. The van der Waals surface area contributed by atoms with E-state index >= 15 is 0 Å². The van der Waals surface area contributed by atoms with E-state index in [1.54, 1.807) is 11.3 Å². The van der Waals surface area contributed by atoms with Crippen molar-refractivity contribution in [3.05, 3.63) is 170 Å². The lowest BCUT2D eigenvalue weighted by Crippen LogP contribution is -1.94. The number of hydrogen-bond donors (Lipinski definition) is 0. The minimum atomic E-state index is 0.693. The predicted octanol–water partition coefficient (Wildman–Crippen LogP) is 13.7. The average molecular weight is 681 g/mol. The Morgan fingerprint density at radius 3 is 2.00 bits per heavy atom. The number of furan rings is 1. The lowest BCUT2D eigenvalue weighted by Gasteiger charge is -2.10. The molecule has 0 radical (unpaired) electrons. The van der Waals surface area contributed by atoms with Crippen LogP contribution in [-0.2, 0) is 0 Å². The van der Waals surface area contributed by atoms with Crippen LogP contribution in [0.2, 0.25) is 0 Å². The predicted molar refractivity (Wildman–Crippen MR) is 219 cm³/mol. The van der Waals surface area contributed by atoms with Gasteiger partial charge in [-0.05, 0) is 56.4 Å². The second kappa shape index (κ2) is 11.5. The summed E-state index contributed by atoms with van der Waals surface area (Å²) >= 11 is 1.75. The molecule has 8 aromatic carbocycles. The van der Waals surface area contributed by atoms with Crippen molar-refractivity contribution in [3.63, 3.8) is 0 Å². The fourth-order valence-electron chi connectivity index (χ4n) is 7.79. The number of aromatic nitrogens is 2. The Bertz CT molecular complexity index is 3180. The molecule has 3 nitrogen and oxygen atoms in total. The number of benzene rings is 8. The van der Waals surface area contributed by atoms with Gasteiger partial charge in [0, 0.05) is 37.5 Å². The van der Waals surface area contributed by atoms with Gasteiger partial charge in [-0.1, -0.05) is 152 Å². The number of thiophene rings is 1. The molecule has 242 valence electrons. The molecule has 0 amide bonds. The van der Waals surface area contributed by atoms with Gasteiger partial charge in [-0.3, -0.25) is 0 Å². The van der Waals surface area contributed by atoms with Gasteiger partial charge < -0.3 is 4.42 Å². The Balaban J connectivity index is 1.10. The minimum Gasteiger partial charge on any atom is -0.455 e. The maximum atomic E-state index is 6.88. The van der Waals surface area contributed by atoms with E-state index in [2.05, 4.69) is 164 Å². The molecule has 11 aromatic rings. The first-order valence-electron chi connectivity index (χ1n) is 17.5. The Hall–Kier alpha value is -6.62. The zero-order valence-electron chi connectivity index (χ0n) is 27.9. The van der Waals surface area contributed by atoms with Gasteiger partial charge in [0.15, 0.2) is 5.82 Å². The molecule has 3 aromatic heterocycles. The monoisotopic (exact) mass is 680 g/mol. The van der Waals surface area contributed by atoms with E-state index in [9.17, 15) is 0 Å². The normalized spacial score (nSPS) is 11.8. The summed E-state index contributed by atoms with van der Waals surface area (Å²) in [6.07, 6.45) is 0. The summed E-state index contributed by atoms with van der Waals surface area (Å²) in [4.78, 5) is 10.6. The van der Waals surface area contributed by atoms with Crippen LogP contribution in [0.1, 0.15) is 0 Å². The molecule has 0 atom stereocenters. The summed E-state index contributed by atoms with van der Waals surface area (Å²) in [5, 5.41) is 8.06. The summed E-state index contributed by atoms with van der Waals surface area (Å²) in [6, 6.07) is 60.1. The fourth-order valence-corrected chi connectivity index (χ4v) is 8.94. The second-order valence-corrected chi connectivity index (χ2v) is 14.4. The highest BCUT2D eigenvalue weighted by atomic mass is 32.1. The van der Waals surface area contributed by atoms with Gasteiger partial charge in [0.05, 0.1) is 15.9 Å². The smallest absolute Gasteiger partial charge is 0.161 e. The van der Waals surface area contributed by atoms with Crippen LogP contribution < -0.4 is 0 Å². The molecule has 0 aliphatic rings. The van der Waals surface area contributed by atoms with E-state index in [-0.39, 0.29) is 0 Å². The molecule has 0 fully saturated rings. The van der Waals surface area contributed by atoms with Crippen molar-refractivity contribution in [3.8, 4) is 44.9 Å². The lowest BCUT2D eigenvalue weighted by molar-refractivity contribution is 0.670. The van der Waals surface area contributed by atoms with Crippen LogP contribution in [-0.4, -0.2) is 9.97 Å². The van der Waals surface area contributed by atoms with Crippen molar-refractivity contribution in [2.75, 3.05) is 0 Å². The molecule has 0 saturated heterocycles. The van der Waals surface area contributed by atoms with Gasteiger partial charge in [0.1, 0.15) is 11.2 Å². The largest absolute Gasteiger partial charge is 0.455 e. The van der Waals surface area contributed by atoms with E-state index in [0.29, 0.717) is 5.82 Å².